The molecule has 5 heteroatoms. The van der Waals surface area contributed by atoms with Crippen molar-refractivity contribution in [3.8, 4) is 0 Å². The van der Waals surface area contributed by atoms with Crippen LogP contribution in [0.15, 0.2) is 21.7 Å². The third kappa shape index (κ3) is 4.93. The maximum absolute atomic E-state index is 5.31. The predicted molar refractivity (Wildman–Crippen MR) is 69.7 cm³/mol. The molecule has 0 fully saturated rings. The van der Waals surface area contributed by atoms with E-state index in [1.807, 2.05) is 19.1 Å². The van der Waals surface area contributed by atoms with Crippen LogP contribution in [0.5, 0.6) is 0 Å². The SMILES string of the molecule is CCCCNC(=S)N/N=C/c1ccc(C)o1. The third-order valence-electron chi connectivity index (χ3n) is 1.93. The Labute approximate surface area is 101 Å². The molecule has 0 unspecified atom stereocenters. The van der Waals surface area contributed by atoms with Gasteiger partial charge in [-0.05, 0) is 37.7 Å². The molecule has 0 amide bonds. The van der Waals surface area contributed by atoms with Crippen LogP contribution < -0.4 is 10.7 Å². The number of nitrogens with zero attached hydrogens (tertiary/aromatic N) is 1. The Morgan fingerprint density at radius 1 is 1.56 bits per heavy atom. The number of rotatable bonds is 5. The maximum atomic E-state index is 5.31. The molecule has 88 valence electrons. The summed E-state index contributed by atoms with van der Waals surface area (Å²) in [6.07, 6.45) is 3.84. The van der Waals surface area contributed by atoms with E-state index in [0.717, 1.165) is 25.1 Å². The van der Waals surface area contributed by atoms with Crippen LogP contribution in [0, 0.1) is 6.92 Å². The summed E-state index contributed by atoms with van der Waals surface area (Å²) in [7, 11) is 0. The number of aryl methyl sites for hydroxylation is 1. The maximum Gasteiger partial charge on any atom is 0.186 e. The fraction of sp³-hybridized carbons (Fsp3) is 0.455. The molecule has 0 bridgehead atoms. The van der Waals surface area contributed by atoms with Gasteiger partial charge in [0.1, 0.15) is 11.5 Å². The van der Waals surface area contributed by atoms with E-state index in [0.29, 0.717) is 10.9 Å². The molecule has 0 atom stereocenters. The molecule has 0 aliphatic carbocycles. The number of nitrogens with one attached hydrogen (secondary N) is 2. The fourth-order valence-corrected chi connectivity index (χ4v) is 1.25. The van der Waals surface area contributed by atoms with Gasteiger partial charge in [-0.15, -0.1) is 0 Å². The van der Waals surface area contributed by atoms with Crippen molar-refractivity contribution < 1.29 is 4.42 Å². The number of hydrogen-bond donors (Lipinski definition) is 2. The minimum Gasteiger partial charge on any atom is -0.460 e. The van der Waals surface area contributed by atoms with E-state index in [2.05, 4.69) is 22.8 Å². The zero-order valence-corrected chi connectivity index (χ0v) is 10.4. The van der Waals surface area contributed by atoms with Crippen molar-refractivity contribution in [3.63, 3.8) is 0 Å². The zero-order valence-electron chi connectivity index (χ0n) is 9.62. The lowest BCUT2D eigenvalue weighted by Crippen LogP contribution is -2.32. The standard InChI is InChI=1S/C11H17N3OS/c1-3-4-7-12-11(16)14-13-8-10-6-5-9(2)15-10/h5-6,8H,3-4,7H2,1-2H3,(H2,12,14,16)/b13-8+. The summed E-state index contributed by atoms with van der Waals surface area (Å²) in [5, 5.41) is 7.55. The van der Waals surface area contributed by atoms with Crippen LogP contribution in [-0.4, -0.2) is 17.9 Å². The van der Waals surface area contributed by atoms with Gasteiger partial charge in [0.2, 0.25) is 0 Å². The van der Waals surface area contributed by atoms with Gasteiger partial charge in [0, 0.05) is 6.54 Å². The van der Waals surface area contributed by atoms with Gasteiger partial charge in [-0.25, -0.2) is 0 Å². The lowest BCUT2D eigenvalue weighted by Gasteiger charge is -2.04. The van der Waals surface area contributed by atoms with Gasteiger partial charge >= 0.3 is 0 Å². The smallest absolute Gasteiger partial charge is 0.186 e. The van der Waals surface area contributed by atoms with Crippen molar-refractivity contribution in [3.05, 3.63) is 23.7 Å². The lowest BCUT2D eigenvalue weighted by molar-refractivity contribution is 0.527. The van der Waals surface area contributed by atoms with Gasteiger partial charge in [-0.2, -0.15) is 5.10 Å². The van der Waals surface area contributed by atoms with E-state index in [4.69, 9.17) is 16.6 Å². The molecule has 0 saturated carbocycles. The van der Waals surface area contributed by atoms with Gasteiger partial charge in [-0.1, -0.05) is 13.3 Å². The van der Waals surface area contributed by atoms with Gasteiger partial charge in [-0.3, -0.25) is 5.43 Å². The van der Waals surface area contributed by atoms with Crippen molar-refractivity contribution in [2.24, 2.45) is 5.10 Å². The second kappa shape index (κ2) is 7.00. The average molecular weight is 239 g/mol. The summed E-state index contributed by atoms with van der Waals surface area (Å²) in [5.41, 5.74) is 2.73. The quantitative estimate of drug-likeness (QED) is 0.358. The van der Waals surface area contributed by atoms with Crippen LogP contribution in [0.3, 0.4) is 0 Å². The predicted octanol–water partition coefficient (Wildman–Crippen LogP) is 2.19. The monoisotopic (exact) mass is 239 g/mol. The lowest BCUT2D eigenvalue weighted by atomic mass is 10.3. The highest BCUT2D eigenvalue weighted by Gasteiger charge is 1.94. The average Bonchev–Trinajstić information content (AvgIpc) is 2.65. The Morgan fingerprint density at radius 2 is 2.38 bits per heavy atom. The number of unbranched alkanes of at least 4 members (excludes halogenated alkanes) is 1. The summed E-state index contributed by atoms with van der Waals surface area (Å²) >= 11 is 5.02. The van der Waals surface area contributed by atoms with Crippen LogP contribution in [0.1, 0.15) is 31.3 Å². The number of furan rings is 1. The molecule has 0 spiro atoms. The van der Waals surface area contributed by atoms with Crippen molar-refractivity contribution >= 4 is 23.5 Å². The van der Waals surface area contributed by atoms with Gasteiger partial charge in [0.05, 0.1) is 6.21 Å². The van der Waals surface area contributed by atoms with Crippen molar-refractivity contribution in [2.75, 3.05) is 6.54 Å². The highest BCUT2D eigenvalue weighted by Crippen LogP contribution is 2.02. The first-order valence-electron chi connectivity index (χ1n) is 5.35. The van der Waals surface area contributed by atoms with Gasteiger partial charge in [0.15, 0.2) is 5.11 Å². The zero-order chi connectivity index (χ0) is 11.8. The first-order valence-corrected chi connectivity index (χ1v) is 5.76. The Hall–Kier alpha value is -1.36. The summed E-state index contributed by atoms with van der Waals surface area (Å²) in [5.74, 6) is 1.58. The highest BCUT2D eigenvalue weighted by molar-refractivity contribution is 7.80. The number of thiocarbonyl (C=S) groups is 1. The molecule has 4 nitrogen and oxygen atoms in total. The fourth-order valence-electron chi connectivity index (χ4n) is 1.10. The van der Waals surface area contributed by atoms with Crippen LogP contribution in [0.25, 0.3) is 0 Å². The second-order valence-corrected chi connectivity index (χ2v) is 3.84. The van der Waals surface area contributed by atoms with E-state index in [1.54, 1.807) is 6.21 Å². The van der Waals surface area contributed by atoms with E-state index in [-0.39, 0.29) is 0 Å². The third-order valence-corrected chi connectivity index (χ3v) is 2.17. The van der Waals surface area contributed by atoms with Crippen LogP contribution >= 0.6 is 12.2 Å². The van der Waals surface area contributed by atoms with Gasteiger partial charge in [0.25, 0.3) is 0 Å². The number of hydrogen-bond acceptors (Lipinski definition) is 3. The molecule has 16 heavy (non-hydrogen) atoms. The Kier molecular flexibility index (Phi) is 5.56. The molecule has 0 aliphatic rings. The Bertz CT molecular complexity index is 360. The molecular formula is C11H17N3OS. The summed E-state index contributed by atoms with van der Waals surface area (Å²) < 4.78 is 5.31. The van der Waals surface area contributed by atoms with Crippen LogP contribution in [0.2, 0.25) is 0 Å². The summed E-state index contributed by atoms with van der Waals surface area (Å²) in [4.78, 5) is 0. The molecular weight excluding hydrogens is 222 g/mol. The topological polar surface area (TPSA) is 49.6 Å². The molecule has 0 aliphatic heterocycles. The first-order chi connectivity index (χ1) is 7.72. The molecule has 0 aromatic carbocycles. The van der Waals surface area contributed by atoms with Crippen molar-refractivity contribution in [2.45, 2.75) is 26.7 Å². The van der Waals surface area contributed by atoms with Gasteiger partial charge < -0.3 is 9.73 Å². The summed E-state index contributed by atoms with van der Waals surface area (Å²) in [6, 6.07) is 3.74. The molecule has 0 saturated heterocycles. The molecule has 1 heterocycles. The van der Waals surface area contributed by atoms with Crippen LogP contribution in [0.4, 0.5) is 0 Å². The molecule has 1 aromatic heterocycles. The van der Waals surface area contributed by atoms with E-state index in [9.17, 15) is 0 Å². The minimum atomic E-state index is 0.535. The van der Waals surface area contributed by atoms with Crippen molar-refractivity contribution in [1.29, 1.82) is 0 Å². The Balaban J connectivity index is 2.23. The molecule has 1 rings (SSSR count). The highest BCUT2D eigenvalue weighted by atomic mass is 32.1. The molecule has 2 N–H and O–H groups in total. The number of hydrazone groups is 1. The van der Waals surface area contributed by atoms with Crippen LogP contribution in [-0.2, 0) is 0 Å². The minimum absolute atomic E-state index is 0.535. The Morgan fingerprint density at radius 3 is 3.00 bits per heavy atom. The summed E-state index contributed by atoms with van der Waals surface area (Å²) in [6.45, 7) is 4.90. The van der Waals surface area contributed by atoms with E-state index >= 15 is 0 Å². The molecule has 1 aromatic rings. The second-order valence-electron chi connectivity index (χ2n) is 3.43. The molecule has 0 radical (unpaired) electrons. The van der Waals surface area contributed by atoms with E-state index < -0.39 is 0 Å². The normalized spacial score (nSPS) is 10.6. The van der Waals surface area contributed by atoms with E-state index in [1.165, 1.54) is 0 Å². The first kappa shape index (κ1) is 12.7. The largest absolute Gasteiger partial charge is 0.460 e. The van der Waals surface area contributed by atoms with Crippen molar-refractivity contribution in [1.82, 2.24) is 10.7 Å².